The summed E-state index contributed by atoms with van der Waals surface area (Å²) in [6.07, 6.45) is 5.10. The molecule has 0 radical (unpaired) electrons. The van der Waals surface area contributed by atoms with Gasteiger partial charge in [-0.15, -0.1) is 0 Å². The number of anilines is 1. The summed E-state index contributed by atoms with van der Waals surface area (Å²) >= 11 is 0. The second kappa shape index (κ2) is 6.75. The molecule has 1 N–H and O–H groups in total. The van der Waals surface area contributed by atoms with Crippen LogP contribution in [0.1, 0.15) is 25.6 Å². The minimum Gasteiger partial charge on any atom is -0.493 e. The average molecular weight is 273 g/mol. The number of nitrogens with zero attached hydrogens (tertiary/aromatic N) is 2. The van der Waals surface area contributed by atoms with Crippen LogP contribution < -0.4 is 14.8 Å². The lowest BCUT2D eigenvalue weighted by molar-refractivity contribution is 0.311. The molecule has 0 aliphatic rings. The molecule has 1 heterocycles. The van der Waals surface area contributed by atoms with Crippen LogP contribution in [0, 0.1) is 0 Å². The van der Waals surface area contributed by atoms with Crippen molar-refractivity contribution in [3.63, 3.8) is 0 Å². The van der Waals surface area contributed by atoms with Gasteiger partial charge in [0.15, 0.2) is 11.5 Å². The molecule has 106 valence electrons. The number of hydrogen-bond donors (Lipinski definition) is 1. The fraction of sp³-hybridized carbons (Fsp3) is 0.333. The van der Waals surface area contributed by atoms with Gasteiger partial charge in [-0.05, 0) is 26.0 Å². The van der Waals surface area contributed by atoms with Crippen LogP contribution in [0.3, 0.4) is 0 Å². The molecular weight excluding hydrogens is 254 g/mol. The summed E-state index contributed by atoms with van der Waals surface area (Å²) in [5, 5.41) is 3.36. The van der Waals surface area contributed by atoms with Gasteiger partial charge < -0.3 is 14.8 Å². The first-order valence-corrected chi connectivity index (χ1v) is 6.58. The highest BCUT2D eigenvalue weighted by Crippen LogP contribution is 2.31. The zero-order valence-electron chi connectivity index (χ0n) is 12.0. The summed E-state index contributed by atoms with van der Waals surface area (Å²) in [5.74, 6) is 1.45. The van der Waals surface area contributed by atoms with E-state index >= 15 is 0 Å². The van der Waals surface area contributed by atoms with E-state index in [1.165, 1.54) is 0 Å². The van der Waals surface area contributed by atoms with Crippen LogP contribution >= 0.6 is 0 Å². The maximum atomic E-state index is 5.50. The summed E-state index contributed by atoms with van der Waals surface area (Å²) in [4.78, 5) is 8.36. The van der Waals surface area contributed by atoms with E-state index in [0.29, 0.717) is 12.4 Å². The van der Waals surface area contributed by atoms with Gasteiger partial charge in [0.2, 0.25) is 0 Å². The van der Waals surface area contributed by atoms with E-state index < -0.39 is 0 Å². The van der Waals surface area contributed by atoms with Crippen LogP contribution in [-0.4, -0.2) is 23.7 Å². The first kappa shape index (κ1) is 14.1. The molecule has 2 aromatic rings. The Morgan fingerprint density at radius 3 is 2.75 bits per heavy atom. The lowest BCUT2D eigenvalue weighted by Gasteiger charge is -2.16. The number of benzene rings is 1. The van der Waals surface area contributed by atoms with Crippen molar-refractivity contribution < 1.29 is 9.47 Å². The van der Waals surface area contributed by atoms with Crippen LogP contribution in [0.5, 0.6) is 11.5 Å². The van der Waals surface area contributed by atoms with Gasteiger partial charge in [-0.1, -0.05) is 0 Å². The van der Waals surface area contributed by atoms with Gasteiger partial charge in [-0.25, -0.2) is 0 Å². The summed E-state index contributed by atoms with van der Waals surface area (Å²) < 4.78 is 10.8. The molecule has 0 amide bonds. The van der Waals surface area contributed by atoms with Crippen LogP contribution in [0.25, 0.3) is 0 Å². The summed E-state index contributed by atoms with van der Waals surface area (Å²) in [5.41, 5.74) is 1.84. The third-order valence-electron chi connectivity index (χ3n) is 2.87. The van der Waals surface area contributed by atoms with Crippen LogP contribution in [0.15, 0.2) is 36.8 Å². The molecule has 0 aliphatic carbocycles. The normalized spacial score (nSPS) is 11.8. The molecule has 5 nitrogen and oxygen atoms in total. The molecule has 0 spiro atoms. The Hall–Kier alpha value is -2.30. The van der Waals surface area contributed by atoms with E-state index in [2.05, 4.69) is 15.3 Å². The van der Waals surface area contributed by atoms with Crippen LogP contribution in [-0.2, 0) is 0 Å². The minimum absolute atomic E-state index is 0.0614. The van der Waals surface area contributed by atoms with Crippen LogP contribution in [0.4, 0.5) is 5.69 Å². The van der Waals surface area contributed by atoms with Gasteiger partial charge >= 0.3 is 0 Å². The van der Waals surface area contributed by atoms with Gasteiger partial charge in [-0.3, -0.25) is 9.97 Å². The number of rotatable bonds is 6. The summed E-state index contributed by atoms with van der Waals surface area (Å²) in [6.45, 7) is 4.59. The molecule has 1 unspecified atom stereocenters. The quantitative estimate of drug-likeness (QED) is 0.876. The second-order valence-electron chi connectivity index (χ2n) is 4.29. The topological polar surface area (TPSA) is 56.3 Å². The Bertz CT molecular complexity index is 546. The smallest absolute Gasteiger partial charge is 0.162 e. The Morgan fingerprint density at radius 2 is 2.10 bits per heavy atom. The lowest BCUT2D eigenvalue weighted by Crippen LogP contribution is -2.08. The molecule has 0 fully saturated rings. The lowest BCUT2D eigenvalue weighted by atomic mass is 10.2. The van der Waals surface area contributed by atoms with Crippen molar-refractivity contribution in [2.45, 2.75) is 19.9 Å². The van der Waals surface area contributed by atoms with Crippen molar-refractivity contribution in [3.8, 4) is 11.5 Å². The highest BCUT2D eigenvalue weighted by molar-refractivity contribution is 5.55. The zero-order valence-corrected chi connectivity index (χ0v) is 12.0. The molecule has 1 aromatic carbocycles. The maximum Gasteiger partial charge on any atom is 0.162 e. The van der Waals surface area contributed by atoms with E-state index in [9.17, 15) is 0 Å². The van der Waals surface area contributed by atoms with Crippen molar-refractivity contribution in [3.05, 3.63) is 42.5 Å². The third kappa shape index (κ3) is 3.38. The first-order chi connectivity index (χ1) is 9.74. The maximum absolute atomic E-state index is 5.50. The molecule has 20 heavy (non-hydrogen) atoms. The van der Waals surface area contributed by atoms with Crippen molar-refractivity contribution in [1.29, 1.82) is 0 Å². The molecule has 1 aromatic heterocycles. The summed E-state index contributed by atoms with van der Waals surface area (Å²) in [6, 6.07) is 5.83. The Kier molecular flexibility index (Phi) is 4.76. The van der Waals surface area contributed by atoms with Gasteiger partial charge in [0.1, 0.15) is 0 Å². The average Bonchev–Trinajstić information content (AvgIpc) is 2.50. The van der Waals surface area contributed by atoms with Gasteiger partial charge in [-0.2, -0.15) is 0 Å². The zero-order chi connectivity index (χ0) is 14.4. The largest absolute Gasteiger partial charge is 0.493 e. The van der Waals surface area contributed by atoms with Crippen molar-refractivity contribution in [2.24, 2.45) is 0 Å². The van der Waals surface area contributed by atoms with Gasteiger partial charge in [0.25, 0.3) is 0 Å². The first-order valence-electron chi connectivity index (χ1n) is 6.58. The highest BCUT2D eigenvalue weighted by Gasteiger charge is 2.09. The predicted octanol–water partition coefficient (Wildman–Crippen LogP) is 3.06. The van der Waals surface area contributed by atoms with Crippen molar-refractivity contribution in [2.75, 3.05) is 19.0 Å². The molecular formula is C15H19N3O2. The Morgan fingerprint density at radius 1 is 1.25 bits per heavy atom. The van der Waals surface area contributed by atoms with Crippen molar-refractivity contribution >= 4 is 5.69 Å². The molecule has 1 atom stereocenters. The number of aromatic nitrogens is 2. The fourth-order valence-corrected chi connectivity index (χ4v) is 1.89. The minimum atomic E-state index is 0.0614. The molecule has 0 bridgehead atoms. The van der Waals surface area contributed by atoms with Crippen molar-refractivity contribution in [1.82, 2.24) is 9.97 Å². The molecule has 5 heteroatoms. The number of hydrogen-bond acceptors (Lipinski definition) is 5. The Balaban J connectivity index is 2.13. The van der Waals surface area contributed by atoms with Gasteiger partial charge in [0.05, 0.1) is 31.6 Å². The molecule has 0 aliphatic heterocycles. The second-order valence-corrected chi connectivity index (χ2v) is 4.29. The number of nitrogens with one attached hydrogen (secondary N) is 1. The number of methoxy groups -OCH3 is 1. The third-order valence-corrected chi connectivity index (χ3v) is 2.87. The summed E-state index contributed by atoms with van der Waals surface area (Å²) in [7, 11) is 1.63. The van der Waals surface area contributed by atoms with E-state index in [1.807, 2.05) is 32.0 Å². The monoisotopic (exact) mass is 273 g/mol. The van der Waals surface area contributed by atoms with E-state index in [0.717, 1.165) is 17.1 Å². The Labute approximate surface area is 119 Å². The standard InChI is InChI=1S/C15H19N3O2/c1-4-20-14-6-5-12(9-15(14)19-3)18-11(2)13-10-16-7-8-17-13/h5-11,18H,4H2,1-3H3. The van der Waals surface area contributed by atoms with Crippen LogP contribution in [0.2, 0.25) is 0 Å². The molecule has 2 rings (SSSR count). The highest BCUT2D eigenvalue weighted by atomic mass is 16.5. The number of ether oxygens (including phenoxy) is 2. The fourth-order valence-electron chi connectivity index (χ4n) is 1.89. The van der Waals surface area contributed by atoms with E-state index in [-0.39, 0.29) is 6.04 Å². The van der Waals surface area contributed by atoms with E-state index in [4.69, 9.17) is 9.47 Å². The van der Waals surface area contributed by atoms with E-state index in [1.54, 1.807) is 25.7 Å². The predicted molar refractivity (Wildman–Crippen MR) is 78.2 cm³/mol. The van der Waals surface area contributed by atoms with Gasteiger partial charge in [0, 0.05) is 24.1 Å². The SMILES string of the molecule is CCOc1ccc(NC(C)c2cnccn2)cc1OC. The molecule has 0 saturated carbocycles. The molecule has 0 saturated heterocycles.